The van der Waals surface area contributed by atoms with Crippen LogP contribution >= 0.6 is 0 Å². The summed E-state index contributed by atoms with van der Waals surface area (Å²) in [5.74, 6) is 0.613. The normalized spacial score (nSPS) is 18.1. The quantitative estimate of drug-likeness (QED) is 0.716. The Labute approximate surface area is 170 Å². The average Bonchev–Trinajstić information content (AvgIpc) is 3.49. The van der Waals surface area contributed by atoms with Crippen LogP contribution in [0.15, 0.2) is 12.4 Å². The van der Waals surface area contributed by atoms with Crippen LogP contribution in [0.1, 0.15) is 55.5 Å². The second kappa shape index (κ2) is 7.33. The zero-order chi connectivity index (χ0) is 19.8. The van der Waals surface area contributed by atoms with Crippen molar-refractivity contribution in [1.82, 2.24) is 35.4 Å². The highest BCUT2D eigenvalue weighted by atomic mass is 16.5. The van der Waals surface area contributed by atoms with Gasteiger partial charge >= 0.3 is 0 Å². The van der Waals surface area contributed by atoms with Crippen molar-refractivity contribution in [2.24, 2.45) is 7.05 Å². The summed E-state index contributed by atoms with van der Waals surface area (Å²) in [6.07, 6.45) is 12.9. The zero-order valence-electron chi connectivity index (χ0n) is 17.1. The van der Waals surface area contributed by atoms with Gasteiger partial charge in [-0.25, -0.2) is 0 Å². The highest BCUT2D eigenvalue weighted by molar-refractivity contribution is 5.85. The molecule has 3 heterocycles. The topological polar surface area (TPSA) is 94.4 Å². The van der Waals surface area contributed by atoms with Gasteiger partial charge in [-0.3, -0.25) is 9.67 Å². The summed E-state index contributed by atoms with van der Waals surface area (Å²) in [6.45, 7) is 0.663. The monoisotopic (exact) mass is 393 g/mol. The molecule has 3 aromatic heterocycles. The molecule has 0 radical (unpaired) electrons. The van der Waals surface area contributed by atoms with Gasteiger partial charge < -0.3 is 4.74 Å². The smallest absolute Gasteiger partial charge is 0.207 e. The summed E-state index contributed by atoms with van der Waals surface area (Å²) in [5.41, 5.74) is 6.80. The molecule has 1 fully saturated rings. The molecule has 0 amide bonds. The molecule has 0 aliphatic heterocycles. The second-order valence-corrected chi connectivity index (χ2v) is 8.40. The molecule has 152 valence electrons. The molecule has 0 unspecified atom stereocenters. The van der Waals surface area contributed by atoms with Crippen LogP contribution in [0.2, 0.25) is 0 Å². The van der Waals surface area contributed by atoms with Gasteiger partial charge in [0, 0.05) is 42.6 Å². The van der Waals surface area contributed by atoms with Crippen LogP contribution in [-0.2, 0) is 30.0 Å². The average molecular weight is 393 g/mol. The first-order valence-electron chi connectivity index (χ1n) is 10.5. The van der Waals surface area contributed by atoms with Crippen molar-refractivity contribution in [3.05, 3.63) is 29.3 Å². The molecular formula is C21H27N7O. The Kier molecular flexibility index (Phi) is 4.66. The van der Waals surface area contributed by atoms with Gasteiger partial charge in [0.05, 0.1) is 24.1 Å². The van der Waals surface area contributed by atoms with E-state index in [0.717, 1.165) is 42.5 Å². The lowest BCUT2D eigenvalue weighted by Crippen LogP contribution is -2.31. The van der Waals surface area contributed by atoms with Crippen LogP contribution < -0.4 is 0 Å². The SMILES string of the molecule is COCC1(c2nc3c(c(-c4cnn(C)c4)c2-c2nn[nH]n2)CCCC3)CCCC1. The molecule has 0 bridgehead atoms. The van der Waals surface area contributed by atoms with E-state index in [9.17, 15) is 0 Å². The number of hydrogen-bond acceptors (Lipinski definition) is 6. The number of aromatic nitrogens is 7. The summed E-state index contributed by atoms with van der Waals surface area (Å²) in [5, 5.41) is 19.8. The van der Waals surface area contributed by atoms with E-state index in [1.54, 1.807) is 7.11 Å². The Morgan fingerprint density at radius 1 is 1.14 bits per heavy atom. The summed E-state index contributed by atoms with van der Waals surface area (Å²) in [4.78, 5) is 5.31. The van der Waals surface area contributed by atoms with E-state index in [1.165, 1.54) is 42.5 Å². The fraction of sp³-hybridized carbons (Fsp3) is 0.571. The minimum atomic E-state index is -0.103. The molecule has 8 heteroatoms. The van der Waals surface area contributed by atoms with Gasteiger partial charge in [0.2, 0.25) is 5.82 Å². The van der Waals surface area contributed by atoms with Gasteiger partial charge in [0.15, 0.2) is 0 Å². The second-order valence-electron chi connectivity index (χ2n) is 8.40. The standard InChI is InChI=1S/C21H27N7O/c1-28-12-14(11-22-28)17-15-7-3-4-8-16(15)23-19(18(17)20-24-26-27-25-20)21(13-29-2)9-5-6-10-21/h11-12H,3-10,13H2,1-2H3,(H,24,25,26,27). The molecule has 0 atom stereocenters. The molecule has 1 N–H and O–H groups in total. The van der Waals surface area contributed by atoms with Gasteiger partial charge in [-0.2, -0.15) is 10.3 Å². The Balaban J connectivity index is 1.85. The van der Waals surface area contributed by atoms with Gasteiger partial charge in [0.1, 0.15) is 0 Å². The minimum Gasteiger partial charge on any atom is -0.384 e. The lowest BCUT2D eigenvalue weighted by molar-refractivity contribution is 0.129. The number of ether oxygens (including phenoxy) is 1. The highest BCUT2D eigenvalue weighted by Gasteiger charge is 2.42. The number of hydrogen-bond donors (Lipinski definition) is 1. The molecule has 2 aliphatic carbocycles. The van der Waals surface area contributed by atoms with Crippen molar-refractivity contribution >= 4 is 0 Å². The molecule has 29 heavy (non-hydrogen) atoms. The van der Waals surface area contributed by atoms with Gasteiger partial charge in [0.25, 0.3) is 0 Å². The summed E-state index contributed by atoms with van der Waals surface area (Å²) >= 11 is 0. The fourth-order valence-electron chi connectivity index (χ4n) is 5.26. The molecule has 3 aromatic rings. The summed E-state index contributed by atoms with van der Waals surface area (Å²) in [6, 6.07) is 0. The summed E-state index contributed by atoms with van der Waals surface area (Å²) in [7, 11) is 3.74. The van der Waals surface area contributed by atoms with Crippen molar-refractivity contribution in [2.45, 2.75) is 56.8 Å². The molecule has 1 saturated carbocycles. The maximum absolute atomic E-state index is 5.73. The predicted octanol–water partition coefficient (Wildman–Crippen LogP) is 3.00. The number of aryl methyl sites for hydroxylation is 2. The number of aromatic amines is 1. The van der Waals surface area contributed by atoms with E-state index in [2.05, 4.69) is 31.9 Å². The number of rotatable bonds is 5. The molecule has 5 rings (SSSR count). The maximum atomic E-state index is 5.73. The number of fused-ring (bicyclic) bond motifs is 1. The third kappa shape index (κ3) is 3.06. The Bertz CT molecular complexity index is 1000. The number of nitrogens with zero attached hydrogens (tertiary/aromatic N) is 6. The number of pyridine rings is 1. The molecule has 0 spiro atoms. The van der Waals surface area contributed by atoms with Crippen molar-refractivity contribution in [3.8, 4) is 22.5 Å². The Hall–Kier alpha value is -2.61. The van der Waals surface area contributed by atoms with Crippen molar-refractivity contribution < 1.29 is 4.74 Å². The van der Waals surface area contributed by atoms with E-state index in [-0.39, 0.29) is 5.41 Å². The molecule has 8 nitrogen and oxygen atoms in total. The zero-order valence-corrected chi connectivity index (χ0v) is 17.1. The van der Waals surface area contributed by atoms with Crippen LogP contribution in [0.25, 0.3) is 22.5 Å². The maximum Gasteiger partial charge on any atom is 0.207 e. The fourth-order valence-corrected chi connectivity index (χ4v) is 5.26. The first-order chi connectivity index (χ1) is 14.2. The first-order valence-corrected chi connectivity index (χ1v) is 10.5. The van der Waals surface area contributed by atoms with Gasteiger partial charge in [-0.15, -0.1) is 10.2 Å². The van der Waals surface area contributed by atoms with E-state index in [1.807, 2.05) is 17.9 Å². The third-order valence-electron chi connectivity index (χ3n) is 6.52. The van der Waals surface area contributed by atoms with Gasteiger partial charge in [-0.05, 0) is 49.3 Å². The third-order valence-corrected chi connectivity index (χ3v) is 6.52. The number of methoxy groups -OCH3 is 1. The van der Waals surface area contributed by atoms with Crippen LogP contribution in [0.3, 0.4) is 0 Å². The van der Waals surface area contributed by atoms with Crippen LogP contribution in [-0.4, -0.2) is 49.1 Å². The number of nitrogens with one attached hydrogen (secondary N) is 1. The molecular weight excluding hydrogens is 366 g/mol. The Morgan fingerprint density at radius 2 is 1.97 bits per heavy atom. The van der Waals surface area contributed by atoms with Crippen molar-refractivity contribution in [1.29, 1.82) is 0 Å². The summed E-state index contributed by atoms with van der Waals surface area (Å²) < 4.78 is 7.58. The van der Waals surface area contributed by atoms with Crippen LogP contribution in [0.4, 0.5) is 0 Å². The largest absolute Gasteiger partial charge is 0.384 e. The van der Waals surface area contributed by atoms with Crippen LogP contribution in [0.5, 0.6) is 0 Å². The van der Waals surface area contributed by atoms with E-state index >= 15 is 0 Å². The highest BCUT2D eigenvalue weighted by Crippen LogP contribution is 2.48. The lowest BCUT2D eigenvalue weighted by atomic mass is 9.76. The number of tetrazole rings is 1. The molecule has 0 saturated heterocycles. The van der Waals surface area contributed by atoms with Crippen molar-refractivity contribution in [2.75, 3.05) is 13.7 Å². The molecule has 0 aromatic carbocycles. The first kappa shape index (κ1) is 18.4. The lowest BCUT2D eigenvalue weighted by Gasteiger charge is -2.32. The van der Waals surface area contributed by atoms with Gasteiger partial charge in [-0.1, -0.05) is 12.8 Å². The van der Waals surface area contributed by atoms with E-state index in [4.69, 9.17) is 9.72 Å². The van der Waals surface area contributed by atoms with E-state index < -0.39 is 0 Å². The van der Waals surface area contributed by atoms with E-state index in [0.29, 0.717) is 12.4 Å². The minimum absolute atomic E-state index is 0.103. The number of H-pyrrole nitrogens is 1. The Morgan fingerprint density at radius 3 is 2.66 bits per heavy atom. The molecule has 2 aliphatic rings. The van der Waals surface area contributed by atoms with Crippen molar-refractivity contribution in [3.63, 3.8) is 0 Å². The predicted molar refractivity (Wildman–Crippen MR) is 108 cm³/mol. The van der Waals surface area contributed by atoms with Crippen LogP contribution in [0, 0.1) is 0 Å².